The average molecular weight is 226 g/mol. The molecule has 3 aromatic rings. The summed E-state index contributed by atoms with van der Waals surface area (Å²) in [5.41, 5.74) is 3.19. The molecule has 0 aliphatic carbocycles. The SMILES string of the molecule is Cc1ccc2cc(F)c3ccc(C)nc3c2n1. The van der Waals surface area contributed by atoms with E-state index < -0.39 is 0 Å². The Hall–Kier alpha value is -2.03. The lowest BCUT2D eigenvalue weighted by atomic mass is 10.1. The van der Waals surface area contributed by atoms with Crippen molar-refractivity contribution in [3.8, 4) is 0 Å². The molecule has 84 valence electrons. The van der Waals surface area contributed by atoms with Crippen molar-refractivity contribution in [2.75, 3.05) is 0 Å². The number of hydrogen-bond donors (Lipinski definition) is 0. The Bertz CT molecular complexity index is 735. The molecular weight excluding hydrogens is 215 g/mol. The lowest BCUT2D eigenvalue weighted by Crippen LogP contribution is -1.92. The molecule has 0 N–H and O–H groups in total. The minimum absolute atomic E-state index is 0.245. The zero-order valence-electron chi connectivity index (χ0n) is 9.66. The summed E-state index contributed by atoms with van der Waals surface area (Å²) in [5.74, 6) is -0.245. The first-order chi connectivity index (χ1) is 8.15. The van der Waals surface area contributed by atoms with Gasteiger partial charge in [-0.2, -0.15) is 0 Å². The molecule has 0 aliphatic rings. The molecule has 2 nitrogen and oxygen atoms in total. The first-order valence-corrected chi connectivity index (χ1v) is 5.48. The fraction of sp³-hybridized carbons (Fsp3) is 0.143. The molecule has 0 spiro atoms. The van der Waals surface area contributed by atoms with E-state index in [1.54, 1.807) is 6.07 Å². The summed E-state index contributed by atoms with van der Waals surface area (Å²) in [6, 6.07) is 8.85. The van der Waals surface area contributed by atoms with Gasteiger partial charge in [0.15, 0.2) is 0 Å². The van der Waals surface area contributed by atoms with Crippen molar-refractivity contribution in [3.63, 3.8) is 0 Å². The topological polar surface area (TPSA) is 25.8 Å². The predicted molar refractivity (Wildman–Crippen MR) is 66.5 cm³/mol. The molecule has 0 fully saturated rings. The van der Waals surface area contributed by atoms with Crippen LogP contribution in [0.5, 0.6) is 0 Å². The quantitative estimate of drug-likeness (QED) is 0.548. The molecule has 0 saturated carbocycles. The number of nitrogens with zero attached hydrogens (tertiary/aromatic N) is 2. The molecule has 0 unspecified atom stereocenters. The van der Waals surface area contributed by atoms with Crippen molar-refractivity contribution in [2.24, 2.45) is 0 Å². The smallest absolute Gasteiger partial charge is 0.133 e. The van der Waals surface area contributed by atoms with Gasteiger partial charge in [-0.05, 0) is 38.1 Å². The number of aryl methyl sites for hydroxylation is 2. The number of halogens is 1. The predicted octanol–water partition coefficient (Wildman–Crippen LogP) is 3.54. The minimum atomic E-state index is -0.245. The maximum absolute atomic E-state index is 13.9. The van der Waals surface area contributed by atoms with Crippen molar-refractivity contribution in [1.29, 1.82) is 0 Å². The highest BCUT2D eigenvalue weighted by atomic mass is 19.1. The van der Waals surface area contributed by atoms with E-state index in [2.05, 4.69) is 9.97 Å². The van der Waals surface area contributed by atoms with Crippen LogP contribution < -0.4 is 0 Å². The molecule has 2 aromatic heterocycles. The van der Waals surface area contributed by atoms with Gasteiger partial charge in [0.25, 0.3) is 0 Å². The van der Waals surface area contributed by atoms with Crippen molar-refractivity contribution >= 4 is 21.8 Å². The van der Waals surface area contributed by atoms with Crippen LogP contribution in [0.4, 0.5) is 4.39 Å². The number of aromatic nitrogens is 2. The summed E-state index contributed by atoms with van der Waals surface area (Å²) in [6.45, 7) is 3.82. The second-order valence-electron chi connectivity index (χ2n) is 4.23. The fourth-order valence-electron chi connectivity index (χ4n) is 2.02. The van der Waals surface area contributed by atoms with Gasteiger partial charge in [-0.3, -0.25) is 9.97 Å². The Kier molecular flexibility index (Phi) is 2.08. The van der Waals surface area contributed by atoms with Gasteiger partial charge in [0.05, 0.1) is 11.0 Å². The Morgan fingerprint density at radius 1 is 0.882 bits per heavy atom. The van der Waals surface area contributed by atoms with Crippen molar-refractivity contribution in [1.82, 2.24) is 9.97 Å². The third kappa shape index (κ3) is 1.55. The van der Waals surface area contributed by atoms with Crippen LogP contribution in [0.15, 0.2) is 30.3 Å². The fourth-order valence-corrected chi connectivity index (χ4v) is 2.02. The number of fused-ring (bicyclic) bond motifs is 3. The van der Waals surface area contributed by atoms with Gasteiger partial charge in [-0.15, -0.1) is 0 Å². The van der Waals surface area contributed by atoms with Crippen LogP contribution >= 0.6 is 0 Å². The third-order valence-electron chi connectivity index (χ3n) is 2.86. The zero-order valence-corrected chi connectivity index (χ0v) is 9.66. The maximum atomic E-state index is 13.9. The molecule has 0 radical (unpaired) electrons. The molecule has 0 saturated heterocycles. The van der Waals surface area contributed by atoms with Gasteiger partial charge in [0.1, 0.15) is 5.82 Å². The van der Waals surface area contributed by atoms with Gasteiger partial charge < -0.3 is 0 Å². The Balaban J connectivity index is 2.59. The van der Waals surface area contributed by atoms with Gasteiger partial charge in [-0.1, -0.05) is 6.07 Å². The van der Waals surface area contributed by atoms with Crippen LogP contribution in [-0.4, -0.2) is 9.97 Å². The normalized spacial score (nSPS) is 11.2. The summed E-state index contributed by atoms with van der Waals surface area (Å²) in [7, 11) is 0. The highest BCUT2D eigenvalue weighted by Gasteiger charge is 2.09. The molecule has 17 heavy (non-hydrogen) atoms. The highest BCUT2D eigenvalue weighted by molar-refractivity contribution is 6.03. The lowest BCUT2D eigenvalue weighted by Gasteiger charge is -2.05. The molecule has 3 rings (SSSR count). The van der Waals surface area contributed by atoms with E-state index in [9.17, 15) is 4.39 Å². The first-order valence-electron chi connectivity index (χ1n) is 5.48. The lowest BCUT2D eigenvalue weighted by molar-refractivity contribution is 0.641. The largest absolute Gasteiger partial charge is 0.251 e. The molecule has 0 aliphatic heterocycles. The molecule has 0 atom stereocenters. The standard InChI is InChI=1S/C14H11FN2/c1-8-3-5-10-7-12(15)11-6-4-9(2)17-14(11)13(10)16-8/h3-7H,1-2H3. The van der Waals surface area contributed by atoms with Gasteiger partial charge in [0, 0.05) is 22.2 Å². The Morgan fingerprint density at radius 2 is 1.53 bits per heavy atom. The minimum Gasteiger partial charge on any atom is -0.251 e. The highest BCUT2D eigenvalue weighted by Crippen LogP contribution is 2.25. The van der Waals surface area contributed by atoms with E-state index in [-0.39, 0.29) is 5.82 Å². The third-order valence-corrected chi connectivity index (χ3v) is 2.86. The van der Waals surface area contributed by atoms with Crippen molar-refractivity contribution in [2.45, 2.75) is 13.8 Å². The molecular formula is C14H11FN2. The van der Waals surface area contributed by atoms with E-state index in [0.29, 0.717) is 10.9 Å². The van der Waals surface area contributed by atoms with Crippen LogP contribution in [0.3, 0.4) is 0 Å². The first kappa shape index (κ1) is 10.1. The van der Waals surface area contributed by atoms with Crippen LogP contribution in [0, 0.1) is 19.7 Å². The Morgan fingerprint density at radius 3 is 2.29 bits per heavy atom. The van der Waals surface area contributed by atoms with E-state index in [1.165, 1.54) is 6.07 Å². The molecule has 3 heteroatoms. The molecule has 0 amide bonds. The summed E-state index contributed by atoms with van der Waals surface area (Å²) >= 11 is 0. The number of benzene rings is 1. The second-order valence-corrected chi connectivity index (χ2v) is 4.23. The summed E-state index contributed by atoms with van der Waals surface area (Å²) < 4.78 is 13.9. The zero-order chi connectivity index (χ0) is 12.0. The Labute approximate surface area is 98.1 Å². The second kappa shape index (κ2) is 3.48. The molecule has 1 aromatic carbocycles. The molecule has 0 bridgehead atoms. The molecule has 2 heterocycles. The van der Waals surface area contributed by atoms with Crippen LogP contribution in [-0.2, 0) is 0 Å². The number of hydrogen-bond acceptors (Lipinski definition) is 2. The number of pyridine rings is 2. The summed E-state index contributed by atoms with van der Waals surface area (Å²) in [6.07, 6.45) is 0. The van der Waals surface area contributed by atoms with E-state index in [4.69, 9.17) is 0 Å². The summed E-state index contributed by atoms with van der Waals surface area (Å²) in [4.78, 5) is 8.86. The average Bonchev–Trinajstić information content (AvgIpc) is 2.30. The van der Waals surface area contributed by atoms with Crippen molar-refractivity contribution < 1.29 is 4.39 Å². The monoisotopic (exact) mass is 226 g/mol. The van der Waals surface area contributed by atoms with E-state index >= 15 is 0 Å². The van der Waals surface area contributed by atoms with Crippen molar-refractivity contribution in [3.05, 3.63) is 47.5 Å². The van der Waals surface area contributed by atoms with E-state index in [1.807, 2.05) is 32.0 Å². The van der Waals surface area contributed by atoms with E-state index in [0.717, 1.165) is 22.3 Å². The summed E-state index contributed by atoms with van der Waals surface area (Å²) in [5, 5.41) is 1.32. The van der Waals surface area contributed by atoms with Gasteiger partial charge in [0.2, 0.25) is 0 Å². The number of rotatable bonds is 0. The van der Waals surface area contributed by atoms with Gasteiger partial charge >= 0.3 is 0 Å². The maximum Gasteiger partial charge on any atom is 0.133 e. The van der Waals surface area contributed by atoms with Crippen LogP contribution in [0.2, 0.25) is 0 Å². The van der Waals surface area contributed by atoms with Crippen LogP contribution in [0.25, 0.3) is 21.8 Å². The van der Waals surface area contributed by atoms with Crippen LogP contribution in [0.1, 0.15) is 11.4 Å². The van der Waals surface area contributed by atoms with Gasteiger partial charge in [-0.25, -0.2) is 4.39 Å².